The van der Waals surface area contributed by atoms with Gasteiger partial charge in [0, 0.05) is 6.04 Å². The van der Waals surface area contributed by atoms with Crippen LogP contribution in [0, 0.1) is 5.92 Å². The number of carbonyl (C=O) groups is 1. The van der Waals surface area contributed by atoms with Gasteiger partial charge in [0.15, 0.2) is 0 Å². The lowest BCUT2D eigenvalue weighted by Gasteiger charge is -2.30. The van der Waals surface area contributed by atoms with Crippen molar-refractivity contribution in [2.75, 3.05) is 7.11 Å². The predicted octanol–water partition coefficient (Wildman–Crippen LogP) is -0.352. The second-order valence-electron chi connectivity index (χ2n) is 3.22. The molecule has 70 valence electrons. The van der Waals surface area contributed by atoms with Gasteiger partial charge in [-0.2, -0.15) is 0 Å². The molecule has 12 heavy (non-hydrogen) atoms. The van der Waals surface area contributed by atoms with Gasteiger partial charge in [-0.15, -0.1) is 0 Å². The number of ether oxygens (including phenoxy) is 1. The molecule has 0 unspecified atom stereocenters. The standard InChI is InChI=1S/C8H15NO3/c1-12-8(11)5-3-2-4-6(9)7(5)10/h5-7,10H,2-4,9H2,1H3/t5-,6+,7-/m1/s1. The Morgan fingerprint density at radius 2 is 2.25 bits per heavy atom. The van der Waals surface area contributed by atoms with Crippen LogP contribution < -0.4 is 5.73 Å². The highest BCUT2D eigenvalue weighted by Gasteiger charge is 2.34. The third kappa shape index (κ3) is 1.76. The summed E-state index contributed by atoms with van der Waals surface area (Å²) in [4.78, 5) is 11.1. The molecule has 0 spiro atoms. The first kappa shape index (κ1) is 9.48. The maximum absolute atomic E-state index is 11.1. The van der Waals surface area contributed by atoms with Crippen molar-refractivity contribution in [1.82, 2.24) is 0 Å². The highest BCUT2D eigenvalue weighted by Crippen LogP contribution is 2.24. The molecule has 0 heterocycles. The van der Waals surface area contributed by atoms with Gasteiger partial charge in [0.25, 0.3) is 0 Å². The van der Waals surface area contributed by atoms with Crippen molar-refractivity contribution in [3.63, 3.8) is 0 Å². The van der Waals surface area contributed by atoms with Gasteiger partial charge in [0.2, 0.25) is 0 Å². The lowest BCUT2D eigenvalue weighted by Crippen LogP contribution is -2.46. The number of carbonyl (C=O) groups excluding carboxylic acids is 1. The van der Waals surface area contributed by atoms with Crippen LogP contribution in [-0.2, 0) is 9.53 Å². The number of methoxy groups -OCH3 is 1. The summed E-state index contributed by atoms with van der Waals surface area (Å²) in [5, 5.41) is 9.51. The Balaban J connectivity index is 2.57. The summed E-state index contributed by atoms with van der Waals surface area (Å²) in [6, 6.07) is -0.275. The van der Waals surface area contributed by atoms with E-state index >= 15 is 0 Å². The van der Waals surface area contributed by atoms with Crippen molar-refractivity contribution in [2.24, 2.45) is 11.7 Å². The second kappa shape index (κ2) is 3.87. The monoisotopic (exact) mass is 173 g/mol. The van der Waals surface area contributed by atoms with Crippen LogP contribution in [0.15, 0.2) is 0 Å². The molecule has 3 atom stereocenters. The molecule has 0 aromatic rings. The van der Waals surface area contributed by atoms with Crippen LogP contribution in [0.4, 0.5) is 0 Å². The molecule has 0 radical (unpaired) electrons. The lowest BCUT2D eigenvalue weighted by molar-refractivity contribution is -0.151. The molecule has 1 fully saturated rings. The van der Waals surface area contributed by atoms with Crippen LogP contribution >= 0.6 is 0 Å². The average molecular weight is 173 g/mol. The minimum atomic E-state index is -0.730. The second-order valence-corrected chi connectivity index (χ2v) is 3.22. The first-order chi connectivity index (χ1) is 5.66. The van der Waals surface area contributed by atoms with Gasteiger partial charge in [-0.3, -0.25) is 4.79 Å². The van der Waals surface area contributed by atoms with E-state index in [0.29, 0.717) is 6.42 Å². The predicted molar refractivity (Wildman–Crippen MR) is 43.3 cm³/mol. The van der Waals surface area contributed by atoms with Crippen molar-refractivity contribution in [3.05, 3.63) is 0 Å². The van der Waals surface area contributed by atoms with Gasteiger partial charge in [0.05, 0.1) is 19.1 Å². The van der Waals surface area contributed by atoms with Crippen molar-refractivity contribution in [2.45, 2.75) is 31.4 Å². The fourth-order valence-electron chi connectivity index (χ4n) is 1.62. The summed E-state index contributed by atoms with van der Waals surface area (Å²) in [6.45, 7) is 0. The maximum Gasteiger partial charge on any atom is 0.311 e. The van der Waals surface area contributed by atoms with E-state index in [1.54, 1.807) is 0 Å². The van der Waals surface area contributed by atoms with Gasteiger partial charge >= 0.3 is 5.97 Å². The van der Waals surface area contributed by atoms with E-state index < -0.39 is 12.0 Å². The third-order valence-corrected chi connectivity index (χ3v) is 2.41. The Morgan fingerprint density at radius 3 is 2.83 bits per heavy atom. The minimum Gasteiger partial charge on any atom is -0.469 e. The van der Waals surface area contributed by atoms with Crippen LogP contribution in [0.25, 0.3) is 0 Å². The molecular formula is C8H15NO3. The molecular weight excluding hydrogens is 158 g/mol. The van der Waals surface area contributed by atoms with E-state index in [-0.39, 0.29) is 12.0 Å². The van der Waals surface area contributed by atoms with Crippen LogP contribution in [0.1, 0.15) is 19.3 Å². The molecule has 1 aliphatic rings. The summed E-state index contributed by atoms with van der Waals surface area (Å²) >= 11 is 0. The zero-order valence-electron chi connectivity index (χ0n) is 7.19. The normalized spacial score (nSPS) is 36.1. The van der Waals surface area contributed by atoms with E-state index in [4.69, 9.17) is 5.73 Å². The van der Waals surface area contributed by atoms with Crippen molar-refractivity contribution >= 4 is 5.97 Å². The van der Waals surface area contributed by atoms with Crippen molar-refractivity contribution < 1.29 is 14.6 Å². The van der Waals surface area contributed by atoms with Crippen LogP contribution in [0.5, 0.6) is 0 Å². The molecule has 0 aliphatic heterocycles. The number of aliphatic hydroxyl groups is 1. The number of esters is 1. The number of rotatable bonds is 1. The van der Waals surface area contributed by atoms with Crippen LogP contribution in [0.3, 0.4) is 0 Å². The molecule has 0 aromatic heterocycles. The SMILES string of the molecule is COC(=O)[C@@H]1CCC[C@H](N)[C@@H]1O. The minimum absolute atomic E-state index is 0.275. The summed E-state index contributed by atoms with van der Waals surface area (Å²) in [5.74, 6) is -0.767. The largest absolute Gasteiger partial charge is 0.469 e. The molecule has 0 saturated heterocycles. The molecule has 0 bridgehead atoms. The Bertz CT molecular complexity index is 172. The average Bonchev–Trinajstić information content (AvgIpc) is 2.08. The van der Waals surface area contributed by atoms with E-state index in [1.165, 1.54) is 7.11 Å². The van der Waals surface area contributed by atoms with E-state index in [2.05, 4.69) is 4.74 Å². The summed E-state index contributed by atoms with van der Waals surface area (Å²) < 4.78 is 4.55. The number of aliphatic hydroxyl groups excluding tert-OH is 1. The van der Waals surface area contributed by atoms with Gasteiger partial charge in [-0.05, 0) is 12.8 Å². The zero-order chi connectivity index (χ0) is 9.14. The highest BCUT2D eigenvalue weighted by atomic mass is 16.5. The van der Waals surface area contributed by atoms with Gasteiger partial charge in [-0.1, -0.05) is 6.42 Å². The summed E-state index contributed by atoms with van der Waals surface area (Å²) in [5.41, 5.74) is 5.60. The molecule has 4 nitrogen and oxygen atoms in total. The Kier molecular flexibility index (Phi) is 3.05. The van der Waals surface area contributed by atoms with Crippen molar-refractivity contribution in [3.8, 4) is 0 Å². The van der Waals surface area contributed by atoms with Crippen LogP contribution in [0.2, 0.25) is 0 Å². The molecule has 0 amide bonds. The first-order valence-corrected chi connectivity index (χ1v) is 4.18. The Morgan fingerprint density at radius 1 is 1.58 bits per heavy atom. The Labute approximate surface area is 71.7 Å². The third-order valence-electron chi connectivity index (χ3n) is 2.41. The van der Waals surface area contributed by atoms with E-state index in [1.807, 2.05) is 0 Å². The number of nitrogens with two attached hydrogens (primary N) is 1. The maximum atomic E-state index is 11.1. The molecule has 4 heteroatoms. The lowest BCUT2D eigenvalue weighted by atomic mass is 9.83. The van der Waals surface area contributed by atoms with Gasteiger partial charge < -0.3 is 15.6 Å². The highest BCUT2D eigenvalue weighted by molar-refractivity contribution is 5.73. The molecule has 0 aromatic carbocycles. The smallest absolute Gasteiger partial charge is 0.311 e. The van der Waals surface area contributed by atoms with E-state index in [9.17, 15) is 9.90 Å². The van der Waals surface area contributed by atoms with Gasteiger partial charge in [0.1, 0.15) is 0 Å². The number of hydrogen-bond donors (Lipinski definition) is 2. The first-order valence-electron chi connectivity index (χ1n) is 4.18. The molecule has 1 saturated carbocycles. The fraction of sp³-hybridized carbons (Fsp3) is 0.875. The van der Waals surface area contributed by atoms with E-state index in [0.717, 1.165) is 12.8 Å². The van der Waals surface area contributed by atoms with Crippen LogP contribution in [-0.4, -0.2) is 30.3 Å². The van der Waals surface area contributed by atoms with Crippen molar-refractivity contribution in [1.29, 1.82) is 0 Å². The molecule has 3 N–H and O–H groups in total. The zero-order valence-corrected chi connectivity index (χ0v) is 7.19. The summed E-state index contributed by atoms with van der Waals surface area (Å²) in [7, 11) is 1.33. The quantitative estimate of drug-likeness (QED) is 0.531. The fourth-order valence-corrected chi connectivity index (χ4v) is 1.62. The molecule has 1 aliphatic carbocycles. The van der Waals surface area contributed by atoms with Gasteiger partial charge in [-0.25, -0.2) is 0 Å². The topological polar surface area (TPSA) is 72.5 Å². The summed E-state index contributed by atoms with van der Waals surface area (Å²) in [6.07, 6.45) is 1.62. The Hall–Kier alpha value is -0.610. The molecule has 1 rings (SSSR count). The number of hydrogen-bond acceptors (Lipinski definition) is 4.